The quantitative estimate of drug-likeness (QED) is 0.752. The molecule has 0 aliphatic rings. The summed E-state index contributed by atoms with van der Waals surface area (Å²) >= 11 is 0. The number of hydrogen-bond acceptors (Lipinski definition) is 6. The van der Waals surface area contributed by atoms with Crippen molar-refractivity contribution in [2.75, 3.05) is 12.4 Å². The van der Waals surface area contributed by atoms with Crippen molar-refractivity contribution in [2.45, 2.75) is 31.9 Å². The maximum atomic E-state index is 12.0. The SMILES string of the molecule is Cc1oc(-c2ccco2)nc1CS(=O)(=O)CCCCCO. The summed E-state index contributed by atoms with van der Waals surface area (Å²) < 4.78 is 34.7. The summed E-state index contributed by atoms with van der Waals surface area (Å²) in [7, 11) is -3.23. The molecule has 0 bridgehead atoms. The molecule has 0 saturated heterocycles. The molecule has 0 radical (unpaired) electrons. The van der Waals surface area contributed by atoms with Gasteiger partial charge in [-0.25, -0.2) is 13.4 Å². The third-order valence-electron chi connectivity index (χ3n) is 3.09. The zero-order valence-electron chi connectivity index (χ0n) is 11.9. The number of nitrogens with zero attached hydrogens (tertiary/aromatic N) is 1. The smallest absolute Gasteiger partial charge is 0.263 e. The second-order valence-corrected chi connectivity index (χ2v) is 7.06. The van der Waals surface area contributed by atoms with Crippen LogP contribution in [0.25, 0.3) is 11.7 Å². The maximum Gasteiger partial charge on any atom is 0.263 e. The number of unbranched alkanes of at least 4 members (excludes halogenated alkanes) is 2. The number of rotatable bonds is 8. The number of oxazole rings is 1. The molecule has 0 unspecified atom stereocenters. The number of furan rings is 1. The molecule has 0 atom stereocenters. The van der Waals surface area contributed by atoms with E-state index in [1.54, 1.807) is 19.1 Å². The minimum atomic E-state index is -3.23. The molecule has 1 N–H and O–H groups in total. The second-order valence-electron chi connectivity index (χ2n) is 4.88. The Bertz CT molecular complexity index is 658. The summed E-state index contributed by atoms with van der Waals surface area (Å²) in [5, 5.41) is 8.68. The van der Waals surface area contributed by atoms with Gasteiger partial charge in [-0.3, -0.25) is 0 Å². The van der Waals surface area contributed by atoms with Gasteiger partial charge in [0.2, 0.25) is 0 Å². The van der Waals surface area contributed by atoms with Crippen LogP contribution >= 0.6 is 0 Å². The molecule has 2 aromatic heterocycles. The molecule has 2 rings (SSSR count). The van der Waals surface area contributed by atoms with Crippen molar-refractivity contribution in [1.29, 1.82) is 0 Å². The van der Waals surface area contributed by atoms with Crippen molar-refractivity contribution < 1.29 is 22.4 Å². The van der Waals surface area contributed by atoms with Crippen LogP contribution in [0.4, 0.5) is 0 Å². The Labute approximate surface area is 123 Å². The lowest BCUT2D eigenvalue weighted by atomic mass is 10.3. The van der Waals surface area contributed by atoms with E-state index in [4.69, 9.17) is 13.9 Å². The van der Waals surface area contributed by atoms with Crippen LogP contribution in [-0.2, 0) is 15.6 Å². The number of aliphatic hydroxyl groups is 1. The fourth-order valence-corrected chi connectivity index (χ4v) is 3.43. The van der Waals surface area contributed by atoms with Crippen LogP contribution in [0.15, 0.2) is 27.2 Å². The number of sulfone groups is 1. The molecule has 0 aromatic carbocycles. The van der Waals surface area contributed by atoms with E-state index in [9.17, 15) is 8.42 Å². The lowest BCUT2D eigenvalue weighted by Crippen LogP contribution is -2.10. The van der Waals surface area contributed by atoms with Crippen molar-refractivity contribution >= 4 is 9.84 Å². The van der Waals surface area contributed by atoms with Gasteiger partial charge in [0.15, 0.2) is 15.6 Å². The van der Waals surface area contributed by atoms with Gasteiger partial charge in [0.25, 0.3) is 5.89 Å². The molecule has 7 heteroatoms. The summed E-state index contributed by atoms with van der Waals surface area (Å²) in [4.78, 5) is 4.20. The zero-order chi connectivity index (χ0) is 15.3. The fourth-order valence-electron chi connectivity index (χ4n) is 1.96. The van der Waals surface area contributed by atoms with Crippen LogP contribution in [0.3, 0.4) is 0 Å². The second kappa shape index (κ2) is 6.91. The van der Waals surface area contributed by atoms with Crippen molar-refractivity contribution in [3.63, 3.8) is 0 Å². The highest BCUT2D eigenvalue weighted by Crippen LogP contribution is 2.23. The van der Waals surface area contributed by atoms with E-state index < -0.39 is 9.84 Å². The van der Waals surface area contributed by atoms with Gasteiger partial charge in [-0.15, -0.1) is 0 Å². The molecule has 0 spiro atoms. The largest absolute Gasteiger partial charge is 0.459 e. The van der Waals surface area contributed by atoms with Crippen molar-refractivity contribution in [1.82, 2.24) is 4.98 Å². The van der Waals surface area contributed by atoms with Crippen LogP contribution in [0.2, 0.25) is 0 Å². The Morgan fingerprint density at radius 1 is 1.29 bits per heavy atom. The lowest BCUT2D eigenvalue weighted by Gasteiger charge is -2.02. The van der Waals surface area contributed by atoms with Crippen molar-refractivity contribution in [2.24, 2.45) is 0 Å². The van der Waals surface area contributed by atoms with Gasteiger partial charge in [0.1, 0.15) is 5.76 Å². The Hall–Kier alpha value is -1.60. The average Bonchev–Trinajstić information content (AvgIpc) is 3.05. The van der Waals surface area contributed by atoms with Crippen molar-refractivity contribution in [3.8, 4) is 11.7 Å². The highest BCUT2D eigenvalue weighted by atomic mass is 32.2. The van der Waals surface area contributed by atoms with E-state index in [-0.39, 0.29) is 18.1 Å². The highest BCUT2D eigenvalue weighted by molar-refractivity contribution is 7.90. The van der Waals surface area contributed by atoms with E-state index in [1.807, 2.05) is 0 Å². The minimum absolute atomic E-state index is 0.0922. The Kier molecular flexibility index (Phi) is 5.19. The van der Waals surface area contributed by atoms with Gasteiger partial charge in [0, 0.05) is 6.61 Å². The molecule has 0 aliphatic carbocycles. The van der Waals surface area contributed by atoms with E-state index in [1.165, 1.54) is 6.26 Å². The van der Waals surface area contributed by atoms with Crippen molar-refractivity contribution in [3.05, 3.63) is 29.9 Å². The van der Waals surface area contributed by atoms with Crippen LogP contribution < -0.4 is 0 Å². The average molecular weight is 313 g/mol. The van der Waals surface area contributed by atoms with Crippen LogP contribution in [-0.4, -0.2) is 30.9 Å². The fraction of sp³-hybridized carbons (Fsp3) is 0.500. The Balaban J connectivity index is 2.02. The van der Waals surface area contributed by atoms with E-state index >= 15 is 0 Å². The topological polar surface area (TPSA) is 93.5 Å². The molecular formula is C14H19NO5S. The molecule has 0 aliphatic heterocycles. The summed E-state index contributed by atoms with van der Waals surface area (Å²) in [5.41, 5.74) is 0.420. The Morgan fingerprint density at radius 3 is 2.76 bits per heavy atom. The normalized spacial score (nSPS) is 11.9. The Morgan fingerprint density at radius 2 is 2.10 bits per heavy atom. The molecule has 6 nitrogen and oxygen atoms in total. The zero-order valence-corrected chi connectivity index (χ0v) is 12.7. The van der Waals surface area contributed by atoms with Gasteiger partial charge in [-0.2, -0.15) is 0 Å². The summed E-state index contributed by atoms with van der Waals surface area (Å²) in [6, 6.07) is 3.42. The first-order valence-electron chi connectivity index (χ1n) is 6.83. The first-order chi connectivity index (χ1) is 10.0. The molecule has 2 aromatic rings. The first kappa shape index (κ1) is 15.8. The molecule has 116 valence electrons. The third-order valence-corrected chi connectivity index (χ3v) is 4.72. The van der Waals surface area contributed by atoms with E-state index in [2.05, 4.69) is 4.98 Å². The maximum absolute atomic E-state index is 12.0. The molecular weight excluding hydrogens is 294 g/mol. The summed E-state index contributed by atoms with van der Waals surface area (Å²) in [6.07, 6.45) is 3.38. The molecule has 0 amide bonds. The number of aromatic nitrogens is 1. The highest BCUT2D eigenvalue weighted by Gasteiger charge is 2.19. The van der Waals surface area contributed by atoms with Gasteiger partial charge < -0.3 is 13.9 Å². The monoisotopic (exact) mass is 313 g/mol. The molecule has 0 fully saturated rings. The predicted molar refractivity (Wildman–Crippen MR) is 77.4 cm³/mol. The van der Waals surface area contributed by atoms with E-state index in [0.29, 0.717) is 42.4 Å². The van der Waals surface area contributed by atoms with E-state index in [0.717, 1.165) is 0 Å². The molecule has 2 heterocycles. The first-order valence-corrected chi connectivity index (χ1v) is 8.65. The van der Waals surface area contributed by atoms with Gasteiger partial charge in [0.05, 0.1) is 23.5 Å². The predicted octanol–water partition coefficient (Wildman–Crippen LogP) is 2.32. The van der Waals surface area contributed by atoms with Gasteiger partial charge >= 0.3 is 0 Å². The third kappa shape index (κ3) is 4.44. The standard InChI is InChI=1S/C14H19NO5S/c1-11-12(10-21(17,18)9-4-2-3-7-16)15-14(20-11)13-6-5-8-19-13/h5-6,8,16H,2-4,7,9-10H2,1H3. The van der Waals surface area contributed by atoms with Gasteiger partial charge in [-0.1, -0.05) is 6.42 Å². The van der Waals surface area contributed by atoms with Crippen LogP contribution in [0.1, 0.15) is 30.7 Å². The lowest BCUT2D eigenvalue weighted by molar-refractivity contribution is 0.284. The number of aryl methyl sites for hydroxylation is 1. The summed E-state index contributed by atoms with van der Waals surface area (Å²) in [6.45, 7) is 1.78. The van der Waals surface area contributed by atoms with Crippen LogP contribution in [0, 0.1) is 6.92 Å². The van der Waals surface area contributed by atoms with Crippen LogP contribution in [0.5, 0.6) is 0 Å². The number of aliphatic hydroxyl groups excluding tert-OH is 1. The van der Waals surface area contributed by atoms with Gasteiger partial charge in [-0.05, 0) is 31.9 Å². The minimum Gasteiger partial charge on any atom is -0.459 e. The molecule has 0 saturated carbocycles. The summed E-state index contributed by atoms with van der Waals surface area (Å²) in [5.74, 6) is 1.21. The molecule has 21 heavy (non-hydrogen) atoms. The number of hydrogen-bond donors (Lipinski definition) is 1.